The molecule has 3 aliphatic carbocycles. The number of piperidine rings is 1. The van der Waals surface area contributed by atoms with Crippen molar-refractivity contribution in [3.05, 3.63) is 23.3 Å². The molecule has 1 aromatic carbocycles. The Balaban J connectivity index is 1.57. The average Bonchev–Trinajstić information content (AvgIpc) is 3.38. The van der Waals surface area contributed by atoms with Crippen molar-refractivity contribution in [2.24, 2.45) is 5.92 Å². The van der Waals surface area contributed by atoms with Gasteiger partial charge >= 0.3 is 5.97 Å². The fourth-order valence-corrected chi connectivity index (χ4v) is 7.16. The molecule has 0 aromatic heterocycles. The van der Waals surface area contributed by atoms with Crippen molar-refractivity contribution in [2.75, 3.05) is 20.1 Å². The van der Waals surface area contributed by atoms with Crippen LogP contribution in [0.1, 0.15) is 50.2 Å². The minimum absolute atomic E-state index is 0.0598. The molecule has 2 saturated carbocycles. The number of esters is 1. The molecule has 1 saturated heterocycles. The Labute approximate surface area is 170 Å². The fraction of sp³-hybridized carbons (Fsp3) is 0.652. The average molecular weight is 398 g/mol. The predicted octanol–water partition coefficient (Wildman–Crippen LogP) is 1.89. The van der Waals surface area contributed by atoms with Crippen molar-refractivity contribution >= 4 is 11.8 Å². The van der Waals surface area contributed by atoms with E-state index in [1.807, 2.05) is 6.07 Å². The molecule has 2 heterocycles. The van der Waals surface area contributed by atoms with Gasteiger partial charge in [0.15, 0.2) is 23.4 Å². The lowest BCUT2D eigenvalue weighted by molar-refractivity contribution is -0.950. The van der Waals surface area contributed by atoms with Gasteiger partial charge in [-0.2, -0.15) is 0 Å². The first kappa shape index (κ1) is 17.9. The molecule has 29 heavy (non-hydrogen) atoms. The van der Waals surface area contributed by atoms with Gasteiger partial charge in [-0.05, 0) is 30.9 Å². The normalized spacial score (nSPS) is 41.6. The Morgan fingerprint density at radius 1 is 1.34 bits per heavy atom. The van der Waals surface area contributed by atoms with E-state index in [-0.39, 0.29) is 11.8 Å². The molecule has 154 valence electrons. The van der Waals surface area contributed by atoms with E-state index in [2.05, 4.69) is 7.05 Å². The number of nitrogens with zero attached hydrogens (tertiary/aromatic N) is 1. The number of ether oxygens (including phenoxy) is 2. The molecule has 1 unspecified atom stereocenters. The topological polar surface area (TPSA) is 72.8 Å². The fourth-order valence-electron chi connectivity index (χ4n) is 7.16. The number of hydrogen-bond acceptors (Lipinski definition) is 5. The van der Waals surface area contributed by atoms with Crippen molar-refractivity contribution in [3.63, 3.8) is 0 Å². The molecule has 5 atom stereocenters. The summed E-state index contributed by atoms with van der Waals surface area (Å²) in [5, 5.41) is 12.3. The Bertz CT molecular complexity index is 955. The SMILES string of the molecule is CC(=O)Oc1ccc2c3c1O[C@@H]1C(=O)CC[C@]4(O)C(C2)[N@+](C)(CC2CC2)CC[C@@]314. The smallest absolute Gasteiger partial charge is 0.308 e. The molecule has 5 aliphatic rings. The number of quaternary nitrogens is 1. The number of rotatable bonds is 3. The first-order valence-corrected chi connectivity index (χ1v) is 10.9. The highest BCUT2D eigenvalue weighted by Gasteiger charge is 2.76. The Kier molecular flexibility index (Phi) is 3.34. The number of carbonyl (C=O) groups excluding carboxylic acids is 2. The number of hydrogen-bond donors (Lipinski definition) is 1. The van der Waals surface area contributed by atoms with Crippen LogP contribution in [0.2, 0.25) is 0 Å². The minimum atomic E-state index is -0.972. The van der Waals surface area contributed by atoms with Gasteiger partial charge in [0.1, 0.15) is 11.6 Å². The van der Waals surface area contributed by atoms with E-state index in [0.717, 1.165) is 47.5 Å². The van der Waals surface area contributed by atoms with E-state index in [1.54, 1.807) is 6.07 Å². The quantitative estimate of drug-likeness (QED) is 0.478. The number of benzene rings is 1. The number of ketones is 1. The summed E-state index contributed by atoms with van der Waals surface area (Å²) >= 11 is 0. The third kappa shape index (κ3) is 2.09. The van der Waals surface area contributed by atoms with Gasteiger partial charge in [-0.25, -0.2) is 0 Å². The van der Waals surface area contributed by atoms with Crippen molar-refractivity contribution in [3.8, 4) is 11.5 Å². The van der Waals surface area contributed by atoms with Crippen LogP contribution >= 0.6 is 0 Å². The molecule has 1 N–H and O–H groups in total. The lowest BCUT2D eigenvalue weighted by Gasteiger charge is -2.64. The summed E-state index contributed by atoms with van der Waals surface area (Å²) < 4.78 is 12.6. The van der Waals surface area contributed by atoms with Crippen LogP contribution in [0.4, 0.5) is 0 Å². The zero-order valence-corrected chi connectivity index (χ0v) is 17.1. The second-order valence-electron chi connectivity index (χ2n) is 10.2. The molecule has 1 aromatic rings. The lowest BCUT2D eigenvalue weighted by atomic mass is 9.48. The molecule has 1 spiro atoms. The summed E-state index contributed by atoms with van der Waals surface area (Å²) in [6.45, 7) is 3.41. The zero-order valence-electron chi connectivity index (χ0n) is 17.1. The standard InChI is InChI=1S/C23H28NO5/c1-13(25)28-17-6-5-15-11-18-23(27)8-7-16(26)21-22(23,19(15)20(17)29-21)9-10-24(18,2)12-14-3-4-14/h5-6,14,18,21,27H,3-4,7-12H2,1-2H3/q+1/t18?,21-,22-,23+,24+/m1/s1. The molecule has 3 fully saturated rings. The summed E-state index contributed by atoms with van der Waals surface area (Å²) in [4.78, 5) is 24.6. The highest BCUT2D eigenvalue weighted by molar-refractivity contribution is 5.90. The number of Topliss-reactive ketones (excluding diaryl/α,β-unsaturated/α-hetero) is 1. The first-order chi connectivity index (χ1) is 13.8. The maximum Gasteiger partial charge on any atom is 0.308 e. The molecular formula is C23H28NO5+. The van der Waals surface area contributed by atoms with E-state index in [4.69, 9.17) is 9.47 Å². The molecule has 6 heteroatoms. The lowest BCUT2D eigenvalue weighted by Crippen LogP contribution is -2.80. The maximum absolute atomic E-state index is 13.0. The van der Waals surface area contributed by atoms with E-state index in [9.17, 15) is 14.7 Å². The molecular weight excluding hydrogens is 370 g/mol. The van der Waals surface area contributed by atoms with Crippen LogP contribution < -0.4 is 9.47 Å². The van der Waals surface area contributed by atoms with E-state index in [0.29, 0.717) is 24.3 Å². The van der Waals surface area contributed by atoms with Gasteiger partial charge in [0.25, 0.3) is 0 Å². The van der Waals surface area contributed by atoms with Crippen molar-refractivity contribution in [1.82, 2.24) is 0 Å². The van der Waals surface area contributed by atoms with Crippen LogP contribution in [0.5, 0.6) is 11.5 Å². The van der Waals surface area contributed by atoms with Gasteiger partial charge in [-0.3, -0.25) is 9.59 Å². The van der Waals surface area contributed by atoms with E-state index in [1.165, 1.54) is 19.8 Å². The molecule has 6 rings (SSSR count). The summed E-state index contributed by atoms with van der Waals surface area (Å²) in [7, 11) is 2.30. The van der Waals surface area contributed by atoms with Gasteiger partial charge in [0.05, 0.1) is 25.6 Å². The van der Waals surface area contributed by atoms with Gasteiger partial charge in [-0.1, -0.05) is 6.07 Å². The van der Waals surface area contributed by atoms with Crippen LogP contribution in [0, 0.1) is 5.92 Å². The second-order valence-corrected chi connectivity index (χ2v) is 10.2. The molecule has 6 nitrogen and oxygen atoms in total. The van der Waals surface area contributed by atoms with Crippen LogP contribution in [0.15, 0.2) is 12.1 Å². The van der Waals surface area contributed by atoms with Gasteiger partial charge in [0.2, 0.25) is 0 Å². The number of likely N-dealkylation sites (N-methyl/N-ethyl adjacent to an activating group) is 1. The highest BCUT2D eigenvalue weighted by atomic mass is 16.6. The van der Waals surface area contributed by atoms with E-state index < -0.39 is 23.1 Å². The molecule has 2 aliphatic heterocycles. The van der Waals surface area contributed by atoms with Crippen LogP contribution in [-0.4, -0.2) is 59.2 Å². The molecule has 0 amide bonds. The Morgan fingerprint density at radius 2 is 2.14 bits per heavy atom. The van der Waals surface area contributed by atoms with Crippen LogP contribution in [-0.2, 0) is 21.4 Å². The highest BCUT2D eigenvalue weighted by Crippen LogP contribution is 2.66. The third-order valence-corrected chi connectivity index (χ3v) is 8.51. The van der Waals surface area contributed by atoms with Crippen LogP contribution in [0.3, 0.4) is 0 Å². The number of likely N-dealkylation sites (tertiary alicyclic amines) is 1. The molecule has 0 radical (unpaired) electrons. The number of carbonyl (C=O) groups is 2. The van der Waals surface area contributed by atoms with Crippen molar-refractivity contribution in [1.29, 1.82) is 0 Å². The monoisotopic (exact) mass is 398 g/mol. The third-order valence-electron chi connectivity index (χ3n) is 8.51. The predicted molar refractivity (Wildman–Crippen MR) is 104 cm³/mol. The summed E-state index contributed by atoms with van der Waals surface area (Å²) in [5.41, 5.74) is 0.391. The Hall–Kier alpha value is -1.92. The second kappa shape index (κ2) is 5.41. The van der Waals surface area contributed by atoms with Gasteiger partial charge in [-0.15, -0.1) is 0 Å². The van der Waals surface area contributed by atoms with Crippen molar-refractivity contribution in [2.45, 2.75) is 68.6 Å². The maximum atomic E-state index is 13.0. The van der Waals surface area contributed by atoms with E-state index >= 15 is 0 Å². The summed E-state index contributed by atoms with van der Waals surface area (Å²) in [6, 6.07) is 3.87. The van der Waals surface area contributed by atoms with Crippen LogP contribution in [0.25, 0.3) is 0 Å². The van der Waals surface area contributed by atoms with Gasteiger partial charge < -0.3 is 19.1 Å². The van der Waals surface area contributed by atoms with Crippen molar-refractivity contribution < 1.29 is 28.7 Å². The Morgan fingerprint density at radius 3 is 2.86 bits per heavy atom. The molecule has 2 bridgehead atoms. The number of aliphatic hydroxyl groups is 1. The largest absolute Gasteiger partial charge is 0.477 e. The minimum Gasteiger partial charge on any atom is -0.477 e. The first-order valence-electron chi connectivity index (χ1n) is 10.9. The van der Waals surface area contributed by atoms with Gasteiger partial charge in [0, 0.05) is 37.7 Å². The zero-order chi connectivity index (χ0) is 20.2. The summed E-state index contributed by atoms with van der Waals surface area (Å²) in [5.74, 6) is 1.29. The summed E-state index contributed by atoms with van der Waals surface area (Å²) in [6.07, 6.45) is 4.24.